The number of nitrogens with one attached hydrogen (secondary N) is 1. The highest BCUT2D eigenvalue weighted by molar-refractivity contribution is 5.76. The SMILES string of the molecule is COc1cc(CNC23CC4CC(CC(C4)C2)C3)ccc1OCc1ccc2c(c1)n(C)c(=O)n2C.[Cl-]. The molecule has 0 amide bonds. The number of fused-ring (bicyclic) bond motifs is 1. The average molecular weight is 497 g/mol. The van der Waals surface area contributed by atoms with Gasteiger partial charge in [0.1, 0.15) is 6.61 Å². The van der Waals surface area contributed by atoms with E-state index < -0.39 is 0 Å². The lowest BCUT2D eigenvalue weighted by Crippen LogP contribution is -3.00. The normalized spacial score (nSPS) is 26.7. The van der Waals surface area contributed by atoms with E-state index in [2.05, 4.69) is 17.4 Å². The molecule has 6 nitrogen and oxygen atoms in total. The third kappa shape index (κ3) is 4.36. The molecule has 0 radical (unpaired) electrons. The van der Waals surface area contributed by atoms with Crippen LogP contribution < -0.4 is 32.9 Å². The topological polar surface area (TPSA) is 57.4 Å². The van der Waals surface area contributed by atoms with Crippen molar-refractivity contribution in [1.29, 1.82) is 0 Å². The zero-order valence-corrected chi connectivity index (χ0v) is 21.6. The van der Waals surface area contributed by atoms with Crippen LogP contribution in [0.5, 0.6) is 11.5 Å². The quantitative estimate of drug-likeness (QED) is 0.539. The van der Waals surface area contributed by atoms with Gasteiger partial charge in [-0.1, -0.05) is 12.1 Å². The predicted octanol–water partition coefficient (Wildman–Crippen LogP) is 1.53. The zero-order chi connectivity index (χ0) is 23.4. The van der Waals surface area contributed by atoms with Crippen molar-refractivity contribution in [2.75, 3.05) is 7.11 Å². The Hall–Kier alpha value is -2.44. The van der Waals surface area contributed by atoms with Crippen LogP contribution in [0.15, 0.2) is 41.2 Å². The van der Waals surface area contributed by atoms with E-state index in [1.54, 1.807) is 30.3 Å². The summed E-state index contributed by atoms with van der Waals surface area (Å²) in [4.78, 5) is 12.2. The molecule has 35 heavy (non-hydrogen) atoms. The van der Waals surface area contributed by atoms with E-state index in [4.69, 9.17) is 9.47 Å². The van der Waals surface area contributed by atoms with Crippen LogP contribution in [0.1, 0.15) is 49.7 Å². The Morgan fingerprint density at radius 1 is 0.886 bits per heavy atom. The summed E-state index contributed by atoms with van der Waals surface area (Å²) in [5.74, 6) is 4.34. The number of hydrogen-bond acceptors (Lipinski definition) is 4. The van der Waals surface area contributed by atoms with E-state index in [1.165, 1.54) is 44.1 Å². The highest BCUT2D eigenvalue weighted by Gasteiger charge is 2.50. The molecule has 188 valence electrons. The number of benzene rings is 2. The van der Waals surface area contributed by atoms with Gasteiger partial charge in [0.15, 0.2) is 11.5 Å². The third-order valence-corrected chi connectivity index (χ3v) is 8.66. The van der Waals surface area contributed by atoms with Crippen LogP contribution in [-0.4, -0.2) is 21.8 Å². The number of halogens is 1. The molecule has 4 aliphatic rings. The summed E-state index contributed by atoms with van der Waals surface area (Å²) in [5, 5.41) is 3.97. The fraction of sp³-hybridized carbons (Fsp3) is 0.536. The van der Waals surface area contributed by atoms with Crippen molar-refractivity contribution in [1.82, 2.24) is 14.5 Å². The van der Waals surface area contributed by atoms with Gasteiger partial charge in [0.2, 0.25) is 0 Å². The van der Waals surface area contributed by atoms with E-state index in [-0.39, 0.29) is 18.1 Å². The molecule has 1 aromatic heterocycles. The van der Waals surface area contributed by atoms with Gasteiger partial charge in [-0.2, -0.15) is 0 Å². The Bertz CT molecular complexity index is 1260. The van der Waals surface area contributed by atoms with Gasteiger partial charge in [-0.3, -0.25) is 9.13 Å². The summed E-state index contributed by atoms with van der Waals surface area (Å²) in [7, 11) is 5.30. The van der Waals surface area contributed by atoms with Gasteiger partial charge in [-0.15, -0.1) is 0 Å². The maximum atomic E-state index is 12.2. The molecule has 1 heterocycles. The van der Waals surface area contributed by atoms with E-state index in [9.17, 15) is 4.79 Å². The van der Waals surface area contributed by atoms with Crippen molar-refractivity contribution >= 4 is 11.0 Å². The standard InChI is InChI=1S/C28H35N3O3.ClH/c1-30-23-6-4-19(11-24(23)31(2)27(30)32)17-34-25-7-5-18(12-26(25)33-3)16-29-28-13-20-8-21(14-28)10-22(9-20)15-28;/h4-7,11-12,20-22,29H,8-10,13-17H2,1-3H3;1H/p-1. The van der Waals surface area contributed by atoms with Crippen molar-refractivity contribution in [2.45, 2.75) is 57.2 Å². The Balaban J connectivity index is 0.00000253. The van der Waals surface area contributed by atoms with E-state index in [1.807, 2.05) is 24.3 Å². The Kier molecular flexibility index (Phi) is 6.39. The summed E-state index contributed by atoms with van der Waals surface area (Å²) in [6.07, 6.45) is 8.47. The Morgan fingerprint density at radius 2 is 1.51 bits per heavy atom. The molecule has 7 rings (SSSR count). The lowest BCUT2D eigenvalue weighted by molar-refractivity contribution is -0.0206. The molecule has 0 atom stereocenters. The lowest BCUT2D eigenvalue weighted by atomic mass is 9.53. The van der Waals surface area contributed by atoms with Crippen molar-refractivity contribution in [3.05, 3.63) is 58.0 Å². The van der Waals surface area contributed by atoms with Crippen molar-refractivity contribution in [3.8, 4) is 11.5 Å². The summed E-state index contributed by atoms with van der Waals surface area (Å²) < 4.78 is 15.1. The minimum absolute atomic E-state index is 0. The summed E-state index contributed by atoms with van der Waals surface area (Å²) >= 11 is 0. The molecule has 0 aliphatic heterocycles. The molecule has 4 fully saturated rings. The van der Waals surface area contributed by atoms with Crippen LogP contribution >= 0.6 is 0 Å². The maximum Gasteiger partial charge on any atom is 0.328 e. The number of imidazole rings is 1. The first kappa shape index (κ1) is 24.3. The van der Waals surface area contributed by atoms with Gasteiger partial charge in [0, 0.05) is 26.2 Å². The van der Waals surface area contributed by atoms with Crippen LogP contribution in [0.2, 0.25) is 0 Å². The average Bonchev–Trinajstić information content (AvgIpc) is 3.04. The van der Waals surface area contributed by atoms with Crippen LogP contribution in [0.4, 0.5) is 0 Å². The monoisotopic (exact) mass is 496 g/mol. The molecule has 0 unspecified atom stereocenters. The first-order chi connectivity index (χ1) is 16.4. The molecule has 3 aromatic rings. The highest BCUT2D eigenvalue weighted by atomic mass is 35.5. The second-order valence-corrected chi connectivity index (χ2v) is 11.0. The van der Waals surface area contributed by atoms with Crippen molar-refractivity contribution in [2.24, 2.45) is 31.8 Å². The zero-order valence-electron chi connectivity index (χ0n) is 20.9. The molecule has 0 spiro atoms. The predicted molar refractivity (Wildman–Crippen MR) is 133 cm³/mol. The van der Waals surface area contributed by atoms with Gasteiger partial charge in [0.25, 0.3) is 0 Å². The van der Waals surface area contributed by atoms with Gasteiger partial charge < -0.3 is 27.2 Å². The number of ether oxygens (including phenoxy) is 2. The lowest BCUT2D eigenvalue weighted by Gasteiger charge is -2.57. The van der Waals surface area contributed by atoms with Crippen molar-refractivity contribution in [3.63, 3.8) is 0 Å². The second-order valence-electron chi connectivity index (χ2n) is 11.0. The maximum absolute atomic E-state index is 12.2. The van der Waals surface area contributed by atoms with Gasteiger partial charge in [-0.25, -0.2) is 4.79 Å². The Labute approximate surface area is 213 Å². The molecular formula is C28H35ClN3O3-. The first-order valence-electron chi connectivity index (χ1n) is 12.6. The van der Waals surface area contributed by atoms with Gasteiger partial charge in [0.05, 0.1) is 18.1 Å². The van der Waals surface area contributed by atoms with Gasteiger partial charge in [-0.05, 0) is 91.7 Å². The fourth-order valence-electron chi connectivity index (χ4n) is 7.36. The molecular weight excluding hydrogens is 462 g/mol. The number of aryl methyl sites for hydroxylation is 2. The molecule has 4 saturated carbocycles. The number of nitrogens with zero attached hydrogens (tertiary/aromatic N) is 2. The second kappa shape index (κ2) is 9.21. The molecule has 0 saturated heterocycles. The van der Waals surface area contributed by atoms with Crippen molar-refractivity contribution < 1.29 is 21.9 Å². The summed E-state index contributed by atoms with van der Waals surface area (Å²) in [5.41, 5.74) is 4.42. The van der Waals surface area contributed by atoms with Crippen LogP contribution in [0.25, 0.3) is 11.0 Å². The smallest absolute Gasteiger partial charge is 0.328 e. The largest absolute Gasteiger partial charge is 1.00 e. The molecule has 2 aromatic carbocycles. The molecule has 4 bridgehead atoms. The number of rotatable bonds is 7. The number of aromatic nitrogens is 2. The van der Waals surface area contributed by atoms with Crippen LogP contribution in [-0.2, 0) is 27.2 Å². The Morgan fingerprint density at radius 3 is 2.17 bits per heavy atom. The van der Waals surface area contributed by atoms with Crippen LogP contribution in [0.3, 0.4) is 0 Å². The summed E-state index contributed by atoms with van der Waals surface area (Å²) in [6.45, 7) is 1.29. The minimum atomic E-state index is -0.0209. The molecule has 1 N–H and O–H groups in total. The highest BCUT2D eigenvalue weighted by Crippen LogP contribution is 2.55. The van der Waals surface area contributed by atoms with E-state index in [0.29, 0.717) is 12.1 Å². The molecule has 4 aliphatic carbocycles. The van der Waals surface area contributed by atoms with Gasteiger partial charge >= 0.3 is 5.69 Å². The fourth-order valence-corrected chi connectivity index (χ4v) is 7.36. The molecule has 7 heteroatoms. The minimum Gasteiger partial charge on any atom is -1.00 e. The number of hydrogen-bond donors (Lipinski definition) is 1. The first-order valence-corrected chi connectivity index (χ1v) is 12.6. The van der Waals surface area contributed by atoms with E-state index >= 15 is 0 Å². The number of methoxy groups -OCH3 is 1. The van der Waals surface area contributed by atoms with Crippen LogP contribution in [0, 0.1) is 17.8 Å². The third-order valence-electron chi connectivity index (χ3n) is 8.66. The van der Waals surface area contributed by atoms with E-state index in [0.717, 1.165) is 52.4 Å². The summed E-state index contributed by atoms with van der Waals surface area (Å²) in [6, 6.07) is 12.3.